The van der Waals surface area contributed by atoms with Crippen molar-refractivity contribution >= 4 is 28.9 Å². The van der Waals surface area contributed by atoms with E-state index in [0.29, 0.717) is 30.1 Å². The number of fused-ring (bicyclic) bond motifs is 1. The second-order valence-electron chi connectivity index (χ2n) is 9.03. The number of aliphatic imine (C=N–C) groups is 1. The van der Waals surface area contributed by atoms with Gasteiger partial charge in [-0.1, -0.05) is 48.5 Å². The van der Waals surface area contributed by atoms with E-state index in [1.54, 1.807) is 17.0 Å². The number of hydrogen-bond donors (Lipinski definition) is 2. The summed E-state index contributed by atoms with van der Waals surface area (Å²) in [6, 6.07) is 19.5. The van der Waals surface area contributed by atoms with E-state index in [1.165, 1.54) is 6.07 Å². The zero-order chi connectivity index (χ0) is 26.0. The summed E-state index contributed by atoms with van der Waals surface area (Å²) >= 11 is 0. The number of nitrogens with zero attached hydrogens (tertiary/aromatic N) is 2. The van der Waals surface area contributed by atoms with Gasteiger partial charge in [0.05, 0.1) is 28.2 Å². The normalized spacial score (nSPS) is 17.8. The van der Waals surface area contributed by atoms with Gasteiger partial charge in [-0.2, -0.15) is 13.2 Å². The number of piperidine rings is 1. The Labute approximate surface area is 212 Å². The summed E-state index contributed by atoms with van der Waals surface area (Å²) in [4.78, 5) is 33.0. The predicted octanol–water partition coefficient (Wildman–Crippen LogP) is 5.24. The van der Waals surface area contributed by atoms with E-state index in [-0.39, 0.29) is 11.3 Å². The first-order chi connectivity index (χ1) is 17.8. The lowest BCUT2D eigenvalue weighted by molar-refractivity contribution is -0.137. The molecule has 1 atom stereocenters. The van der Waals surface area contributed by atoms with Crippen LogP contribution >= 0.6 is 0 Å². The zero-order valence-corrected chi connectivity index (χ0v) is 19.9. The number of carbonyl (C=O) groups is 2. The van der Waals surface area contributed by atoms with Crippen molar-refractivity contribution in [2.75, 3.05) is 23.3 Å². The molecule has 3 aromatic carbocycles. The van der Waals surface area contributed by atoms with Crippen LogP contribution in [-0.4, -0.2) is 36.8 Å². The SMILES string of the molecule is O=C(N[C@H]1N=C(c2ccccc2)c2ccccc2NC1=O)c1ccc(C(F)(F)F)cc1N1CCCCC1. The molecule has 9 heteroatoms. The van der Waals surface area contributed by atoms with Crippen LogP contribution in [0.15, 0.2) is 77.8 Å². The fourth-order valence-corrected chi connectivity index (χ4v) is 4.68. The van der Waals surface area contributed by atoms with Gasteiger partial charge < -0.3 is 15.5 Å². The molecule has 2 heterocycles. The lowest BCUT2D eigenvalue weighted by Gasteiger charge is -2.31. The Morgan fingerprint density at radius 2 is 1.65 bits per heavy atom. The van der Waals surface area contributed by atoms with Crippen molar-refractivity contribution in [1.82, 2.24) is 5.32 Å². The Hall–Kier alpha value is -4.14. The largest absolute Gasteiger partial charge is 0.416 e. The molecular formula is C28H25F3N4O2. The first-order valence-corrected chi connectivity index (χ1v) is 12.1. The number of anilines is 2. The molecule has 3 aromatic rings. The molecule has 1 saturated heterocycles. The van der Waals surface area contributed by atoms with Crippen molar-refractivity contribution in [3.05, 3.63) is 95.1 Å². The molecular weight excluding hydrogens is 481 g/mol. The number of halogens is 3. The molecule has 0 aliphatic carbocycles. The molecule has 2 amide bonds. The highest BCUT2D eigenvalue weighted by Crippen LogP contribution is 2.34. The van der Waals surface area contributed by atoms with E-state index >= 15 is 0 Å². The molecule has 2 N–H and O–H groups in total. The first-order valence-electron chi connectivity index (χ1n) is 12.1. The molecule has 0 spiro atoms. The second-order valence-corrected chi connectivity index (χ2v) is 9.03. The van der Waals surface area contributed by atoms with Gasteiger partial charge >= 0.3 is 6.18 Å². The number of para-hydroxylation sites is 1. The Morgan fingerprint density at radius 3 is 2.38 bits per heavy atom. The summed E-state index contributed by atoms with van der Waals surface area (Å²) < 4.78 is 40.4. The maximum atomic E-state index is 13.5. The molecule has 6 nitrogen and oxygen atoms in total. The van der Waals surface area contributed by atoms with Gasteiger partial charge in [0.2, 0.25) is 6.17 Å². The van der Waals surface area contributed by atoms with E-state index in [4.69, 9.17) is 0 Å². The standard InChI is InChI=1S/C28H25F3N4O2/c29-28(30,31)19-13-14-21(23(17-19)35-15-7-2-8-16-35)26(36)34-25-27(37)32-22-12-6-5-11-20(22)24(33-25)18-9-3-1-4-10-18/h1,3-6,9-14,17,25H,2,7-8,15-16H2,(H,32,37)(H,34,36)/t25-/m1/s1. The van der Waals surface area contributed by atoms with Crippen LogP contribution in [0.5, 0.6) is 0 Å². The molecule has 0 bridgehead atoms. The molecule has 2 aliphatic rings. The monoisotopic (exact) mass is 506 g/mol. The van der Waals surface area contributed by atoms with E-state index in [1.807, 2.05) is 42.5 Å². The summed E-state index contributed by atoms with van der Waals surface area (Å²) in [5, 5.41) is 5.46. The summed E-state index contributed by atoms with van der Waals surface area (Å²) in [6.45, 7) is 1.11. The number of amides is 2. The molecule has 0 saturated carbocycles. The highest BCUT2D eigenvalue weighted by molar-refractivity contribution is 6.20. The molecule has 0 aromatic heterocycles. The third-order valence-corrected chi connectivity index (χ3v) is 6.53. The number of rotatable bonds is 4. The quantitative estimate of drug-likeness (QED) is 0.508. The Bertz CT molecular complexity index is 1350. The average molecular weight is 507 g/mol. The Balaban J connectivity index is 1.52. The lowest BCUT2D eigenvalue weighted by Crippen LogP contribution is -2.43. The van der Waals surface area contributed by atoms with Gasteiger partial charge in [0, 0.05) is 24.2 Å². The van der Waals surface area contributed by atoms with Crippen molar-refractivity contribution in [1.29, 1.82) is 0 Å². The third-order valence-electron chi connectivity index (χ3n) is 6.53. The number of nitrogens with one attached hydrogen (secondary N) is 2. The fraction of sp³-hybridized carbons (Fsp3) is 0.250. The second kappa shape index (κ2) is 10.1. The number of carbonyl (C=O) groups excluding carboxylic acids is 2. The van der Waals surface area contributed by atoms with Crippen LogP contribution < -0.4 is 15.5 Å². The first kappa shape index (κ1) is 24.5. The molecule has 5 rings (SSSR count). The molecule has 1 fully saturated rings. The molecule has 190 valence electrons. The van der Waals surface area contributed by atoms with Crippen molar-refractivity contribution in [2.45, 2.75) is 31.6 Å². The molecule has 2 aliphatic heterocycles. The topological polar surface area (TPSA) is 73.8 Å². The summed E-state index contributed by atoms with van der Waals surface area (Å²) in [5.41, 5.74) is 1.98. The van der Waals surface area contributed by atoms with Gasteiger partial charge in [0.25, 0.3) is 11.8 Å². The summed E-state index contributed by atoms with van der Waals surface area (Å²) in [6.07, 6.45) is -3.19. The predicted molar refractivity (Wildman–Crippen MR) is 136 cm³/mol. The third kappa shape index (κ3) is 5.21. The maximum Gasteiger partial charge on any atom is 0.416 e. The summed E-state index contributed by atoms with van der Waals surface area (Å²) in [7, 11) is 0. The van der Waals surface area contributed by atoms with Gasteiger partial charge in [-0.15, -0.1) is 0 Å². The molecule has 0 unspecified atom stereocenters. The van der Waals surface area contributed by atoms with Crippen LogP contribution in [0.1, 0.15) is 46.3 Å². The van der Waals surface area contributed by atoms with Crippen LogP contribution in [0.25, 0.3) is 0 Å². The highest BCUT2D eigenvalue weighted by Gasteiger charge is 2.33. The van der Waals surface area contributed by atoms with Crippen LogP contribution in [0, 0.1) is 0 Å². The van der Waals surface area contributed by atoms with E-state index in [2.05, 4.69) is 15.6 Å². The number of hydrogen-bond acceptors (Lipinski definition) is 4. The summed E-state index contributed by atoms with van der Waals surface area (Å²) in [5.74, 6) is -1.21. The number of benzene rings is 3. The molecule has 37 heavy (non-hydrogen) atoms. The highest BCUT2D eigenvalue weighted by atomic mass is 19.4. The van der Waals surface area contributed by atoms with Crippen LogP contribution in [0.4, 0.5) is 24.5 Å². The fourth-order valence-electron chi connectivity index (χ4n) is 4.68. The Kier molecular flexibility index (Phi) is 6.69. The van der Waals surface area contributed by atoms with Gasteiger partial charge in [0.1, 0.15) is 0 Å². The number of alkyl halides is 3. The van der Waals surface area contributed by atoms with Crippen molar-refractivity contribution in [3.63, 3.8) is 0 Å². The van der Waals surface area contributed by atoms with E-state index in [0.717, 1.165) is 37.0 Å². The average Bonchev–Trinajstić information content (AvgIpc) is 3.05. The minimum absolute atomic E-state index is 0.0703. The van der Waals surface area contributed by atoms with Crippen molar-refractivity contribution < 1.29 is 22.8 Å². The van der Waals surface area contributed by atoms with Crippen molar-refractivity contribution in [2.24, 2.45) is 4.99 Å². The van der Waals surface area contributed by atoms with E-state index in [9.17, 15) is 22.8 Å². The molecule has 0 radical (unpaired) electrons. The minimum Gasteiger partial charge on any atom is -0.371 e. The maximum absolute atomic E-state index is 13.5. The minimum atomic E-state index is -4.54. The van der Waals surface area contributed by atoms with Crippen LogP contribution in [0.2, 0.25) is 0 Å². The zero-order valence-electron chi connectivity index (χ0n) is 19.9. The number of benzodiazepines with no additional fused rings is 1. The lowest BCUT2D eigenvalue weighted by atomic mass is 10.0. The van der Waals surface area contributed by atoms with E-state index < -0.39 is 29.7 Å². The van der Waals surface area contributed by atoms with Crippen molar-refractivity contribution in [3.8, 4) is 0 Å². The van der Waals surface area contributed by atoms with Gasteiger partial charge in [0.15, 0.2) is 0 Å². The van der Waals surface area contributed by atoms with Gasteiger partial charge in [-0.05, 0) is 43.5 Å². The van der Waals surface area contributed by atoms with Gasteiger partial charge in [-0.25, -0.2) is 4.99 Å². The van der Waals surface area contributed by atoms with Crippen LogP contribution in [0.3, 0.4) is 0 Å². The smallest absolute Gasteiger partial charge is 0.371 e. The van der Waals surface area contributed by atoms with Crippen LogP contribution in [-0.2, 0) is 11.0 Å². The van der Waals surface area contributed by atoms with Gasteiger partial charge in [-0.3, -0.25) is 9.59 Å². The Morgan fingerprint density at radius 1 is 0.946 bits per heavy atom.